The third-order valence-electron chi connectivity index (χ3n) is 10.3. The first kappa shape index (κ1) is 31.3. The molecule has 0 radical (unpaired) electrons. The quantitative estimate of drug-likeness (QED) is 0.218. The topological polar surface area (TPSA) is 54.0 Å². The Morgan fingerprint density at radius 1 is 0.809 bits per heavy atom. The zero-order valence-corrected chi connectivity index (χ0v) is 27.8. The van der Waals surface area contributed by atoms with E-state index >= 15 is 0 Å². The maximum atomic E-state index is 12.9. The summed E-state index contributed by atoms with van der Waals surface area (Å²) in [5.41, 5.74) is 9.97. The molecule has 2 fully saturated rings. The Morgan fingerprint density at radius 3 is 2.26 bits per heavy atom. The minimum Gasteiger partial charge on any atom is -0.490 e. The van der Waals surface area contributed by atoms with Crippen molar-refractivity contribution in [2.24, 2.45) is 0 Å². The molecule has 1 amide bonds. The van der Waals surface area contributed by atoms with E-state index in [1.54, 1.807) is 0 Å². The highest BCUT2D eigenvalue weighted by Crippen LogP contribution is 2.32. The fourth-order valence-corrected chi connectivity index (χ4v) is 7.32. The SMILES string of the molecule is Cc1ccc(C(=O)N2CCC(Oc3ccc(COc4cc(C)c5c(c4)CCN(c4ccc(C6CCNCC6)cc4)C5)cc3)CC2)cc1. The van der Waals surface area contributed by atoms with Crippen LogP contribution in [-0.2, 0) is 19.6 Å². The second kappa shape index (κ2) is 14.2. The zero-order chi connectivity index (χ0) is 32.2. The molecule has 3 heterocycles. The number of anilines is 1. The summed E-state index contributed by atoms with van der Waals surface area (Å²) < 4.78 is 12.6. The number of rotatable bonds is 8. The molecule has 3 aliphatic heterocycles. The average molecular weight is 630 g/mol. The summed E-state index contributed by atoms with van der Waals surface area (Å²) in [6, 6.07) is 29.9. The number of piperidine rings is 2. The monoisotopic (exact) mass is 629 g/mol. The molecule has 0 aliphatic carbocycles. The van der Waals surface area contributed by atoms with E-state index in [-0.39, 0.29) is 12.0 Å². The number of likely N-dealkylation sites (tertiary alicyclic amines) is 1. The first-order valence-corrected chi connectivity index (χ1v) is 17.4. The summed E-state index contributed by atoms with van der Waals surface area (Å²) in [4.78, 5) is 17.3. The largest absolute Gasteiger partial charge is 0.490 e. The van der Waals surface area contributed by atoms with Crippen molar-refractivity contribution in [3.8, 4) is 11.5 Å². The van der Waals surface area contributed by atoms with Gasteiger partial charge in [-0.2, -0.15) is 0 Å². The van der Waals surface area contributed by atoms with Gasteiger partial charge in [0, 0.05) is 50.3 Å². The minimum absolute atomic E-state index is 0.109. The first-order valence-electron chi connectivity index (χ1n) is 17.4. The van der Waals surface area contributed by atoms with Crippen LogP contribution >= 0.6 is 0 Å². The molecule has 6 heteroatoms. The Bertz CT molecular complexity index is 1650. The van der Waals surface area contributed by atoms with Gasteiger partial charge >= 0.3 is 0 Å². The van der Waals surface area contributed by atoms with E-state index in [1.165, 1.54) is 40.8 Å². The number of aryl methyl sites for hydroxylation is 2. The molecule has 0 unspecified atom stereocenters. The number of carbonyl (C=O) groups is 1. The molecule has 0 bridgehead atoms. The van der Waals surface area contributed by atoms with Gasteiger partial charge in [-0.15, -0.1) is 0 Å². The predicted octanol–water partition coefficient (Wildman–Crippen LogP) is 7.60. The summed E-state index contributed by atoms with van der Waals surface area (Å²) in [5, 5.41) is 3.47. The average Bonchev–Trinajstić information content (AvgIpc) is 3.12. The van der Waals surface area contributed by atoms with Crippen LogP contribution in [-0.4, -0.2) is 49.6 Å². The fourth-order valence-electron chi connectivity index (χ4n) is 7.32. The molecule has 0 aromatic heterocycles. The molecule has 47 heavy (non-hydrogen) atoms. The molecular formula is C41H47N3O3. The van der Waals surface area contributed by atoms with Crippen LogP contribution in [0.4, 0.5) is 5.69 Å². The summed E-state index contributed by atoms with van der Waals surface area (Å²) >= 11 is 0. The lowest BCUT2D eigenvalue weighted by Gasteiger charge is -2.32. The summed E-state index contributed by atoms with van der Waals surface area (Å²) in [6.45, 7) is 10.4. The summed E-state index contributed by atoms with van der Waals surface area (Å²) in [7, 11) is 0. The summed E-state index contributed by atoms with van der Waals surface area (Å²) in [6.07, 6.45) is 5.28. The van der Waals surface area contributed by atoms with Crippen LogP contribution in [0.3, 0.4) is 0 Å². The van der Waals surface area contributed by atoms with Crippen LogP contribution in [0.1, 0.15) is 75.3 Å². The molecule has 244 valence electrons. The van der Waals surface area contributed by atoms with Gasteiger partial charge in [0.1, 0.15) is 24.2 Å². The Balaban J connectivity index is 0.888. The predicted molar refractivity (Wildman–Crippen MR) is 189 cm³/mol. The van der Waals surface area contributed by atoms with Gasteiger partial charge in [0.05, 0.1) is 0 Å². The maximum Gasteiger partial charge on any atom is 0.253 e. The van der Waals surface area contributed by atoms with Crippen LogP contribution in [0.5, 0.6) is 11.5 Å². The van der Waals surface area contributed by atoms with Gasteiger partial charge in [-0.25, -0.2) is 0 Å². The van der Waals surface area contributed by atoms with Gasteiger partial charge in [-0.05, 0) is 128 Å². The molecule has 0 atom stereocenters. The highest BCUT2D eigenvalue weighted by atomic mass is 16.5. The van der Waals surface area contributed by atoms with Crippen LogP contribution in [0.25, 0.3) is 0 Å². The lowest BCUT2D eigenvalue weighted by Crippen LogP contribution is -2.41. The molecule has 7 rings (SSSR count). The number of nitrogens with zero attached hydrogens (tertiary/aromatic N) is 2. The van der Waals surface area contributed by atoms with Crippen molar-refractivity contribution >= 4 is 11.6 Å². The highest BCUT2D eigenvalue weighted by molar-refractivity contribution is 5.94. The molecule has 1 N–H and O–H groups in total. The van der Waals surface area contributed by atoms with E-state index in [1.807, 2.05) is 48.2 Å². The van der Waals surface area contributed by atoms with Crippen LogP contribution in [0, 0.1) is 13.8 Å². The molecule has 2 saturated heterocycles. The van der Waals surface area contributed by atoms with Crippen molar-refractivity contribution in [3.63, 3.8) is 0 Å². The van der Waals surface area contributed by atoms with E-state index in [0.29, 0.717) is 25.6 Å². The van der Waals surface area contributed by atoms with Crippen molar-refractivity contribution in [1.29, 1.82) is 0 Å². The number of carbonyl (C=O) groups excluding carboxylic acids is 1. The number of ether oxygens (including phenoxy) is 2. The van der Waals surface area contributed by atoms with Gasteiger partial charge in [-0.3, -0.25) is 4.79 Å². The minimum atomic E-state index is 0.109. The van der Waals surface area contributed by atoms with E-state index in [0.717, 1.165) is 73.6 Å². The molecule has 3 aliphatic rings. The van der Waals surface area contributed by atoms with Crippen LogP contribution in [0.15, 0.2) is 84.9 Å². The number of nitrogens with one attached hydrogen (secondary N) is 1. The lowest BCUT2D eigenvalue weighted by molar-refractivity contribution is 0.0595. The smallest absolute Gasteiger partial charge is 0.253 e. The normalized spacial score (nSPS) is 17.3. The van der Waals surface area contributed by atoms with E-state index in [2.05, 4.69) is 65.7 Å². The number of benzene rings is 4. The number of hydrogen-bond donors (Lipinski definition) is 1. The molecule has 4 aromatic rings. The zero-order valence-electron chi connectivity index (χ0n) is 27.8. The van der Waals surface area contributed by atoms with E-state index in [4.69, 9.17) is 9.47 Å². The molecule has 0 spiro atoms. The Labute approximate surface area is 279 Å². The lowest BCUT2D eigenvalue weighted by atomic mass is 9.90. The molecule has 6 nitrogen and oxygen atoms in total. The van der Waals surface area contributed by atoms with Gasteiger partial charge in [0.25, 0.3) is 5.91 Å². The van der Waals surface area contributed by atoms with Gasteiger partial charge in [-0.1, -0.05) is 42.0 Å². The molecular weight excluding hydrogens is 582 g/mol. The maximum absolute atomic E-state index is 12.9. The second-order valence-electron chi connectivity index (χ2n) is 13.6. The Hall–Kier alpha value is -4.29. The van der Waals surface area contributed by atoms with Crippen molar-refractivity contribution in [2.75, 3.05) is 37.6 Å². The number of amides is 1. The van der Waals surface area contributed by atoms with Crippen LogP contribution in [0.2, 0.25) is 0 Å². The third kappa shape index (κ3) is 7.49. The van der Waals surface area contributed by atoms with Gasteiger partial charge < -0.3 is 24.6 Å². The number of hydrogen-bond acceptors (Lipinski definition) is 5. The first-order chi connectivity index (χ1) is 23.0. The van der Waals surface area contributed by atoms with Crippen molar-refractivity contribution in [2.45, 2.75) is 71.1 Å². The Kier molecular flexibility index (Phi) is 9.48. The fraction of sp³-hybridized carbons (Fsp3) is 0.390. The third-order valence-corrected chi connectivity index (χ3v) is 10.3. The second-order valence-corrected chi connectivity index (χ2v) is 13.6. The van der Waals surface area contributed by atoms with E-state index in [9.17, 15) is 4.79 Å². The Morgan fingerprint density at radius 2 is 1.53 bits per heavy atom. The van der Waals surface area contributed by atoms with Crippen LogP contribution < -0.4 is 19.7 Å². The summed E-state index contributed by atoms with van der Waals surface area (Å²) in [5.74, 6) is 2.61. The standard InChI is InChI=1S/C41H47N3O3/c1-29-3-7-34(8-4-29)41(45)43-23-18-38(19-24-43)47-37-13-5-31(6-14-37)28-46-39-25-30(2)40-27-44(22-17-35(40)26-39)36-11-9-32(10-12-36)33-15-20-42-21-16-33/h3-14,25-26,33,38,42H,15-24,27-28H2,1-2H3. The highest BCUT2D eigenvalue weighted by Gasteiger charge is 2.25. The van der Waals surface area contributed by atoms with Crippen molar-refractivity contribution in [1.82, 2.24) is 10.2 Å². The number of fused-ring (bicyclic) bond motifs is 1. The van der Waals surface area contributed by atoms with Crippen molar-refractivity contribution in [3.05, 3.63) is 124 Å². The molecule has 0 saturated carbocycles. The van der Waals surface area contributed by atoms with Gasteiger partial charge in [0.15, 0.2) is 0 Å². The van der Waals surface area contributed by atoms with Crippen molar-refractivity contribution < 1.29 is 14.3 Å². The van der Waals surface area contributed by atoms with Gasteiger partial charge in [0.2, 0.25) is 0 Å². The molecule has 4 aromatic carbocycles. The van der Waals surface area contributed by atoms with E-state index < -0.39 is 0 Å².